The van der Waals surface area contributed by atoms with Gasteiger partial charge in [0.1, 0.15) is 0 Å². The summed E-state index contributed by atoms with van der Waals surface area (Å²) >= 11 is 0. The number of guanidine groups is 1. The first-order chi connectivity index (χ1) is 12.9. The molecule has 5 nitrogen and oxygen atoms in total. The maximum Gasteiger partial charge on any atom is 0.194 e. The average molecular weight is 376 g/mol. The van der Waals surface area contributed by atoms with Crippen LogP contribution in [-0.4, -0.2) is 57.4 Å². The summed E-state index contributed by atoms with van der Waals surface area (Å²) in [7, 11) is 1.70. The summed E-state index contributed by atoms with van der Waals surface area (Å²) in [6.45, 7) is 14.6. The van der Waals surface area contributed by atoms with Gasteiger partial charge in [0.05, 0.1) is 26.4 Å². The zero-order chi connectivity index (χ0) is 19.7. The second-order valence-corrected chi connectivity index (χ2v) is 8.29. The van der Waals surface area contributed by atoms with Gasteiger partial charge in [-0.3, -0.25) is 0 Å². The quantitative estimate of drug-likeness (QED) is 0.430. The molecule has 1 N–H and O–H groups in total. The van der Waals surface area contributed by atoms with Crippen molar-refractivity contribution in [2.45, 2.75) is 46.1 Å². The van der Waals surface area contributed by atoms with Gasteiger partial charge in [0.15, 0.2) is 5.96 Å². The Morgan fingerprint density at radius 1 is 1.22 bits per heavy atom. The van der Waals surface area contributed by atoms with E-state index >= 15 is 0 Å². The monoisotopic (exact) mass is 375 g/mol. The van der Waals surface area contributed by atoms with E-state index in [1.54, 1.807) is 7.11 Å². The van der Waals surface area contributed by atoms with E-state index in [0.717, 1.165) is 38.6 Å². The van der Waals surface area contributed by atoms with Crippen molar-refractivity contribution >= 4 is 5.96 Å². The Bertz CT molecular complexity index is 578. The SMILES string of the molecule is CCNC(=NCc1ccc(C(C)(C)C)cc1)N1CCC(COCCOC)C1. The fourth-order valence-electron chi connectivity index (χ4n) is 3.26. The van der Waals surface area contributed by atoms with Gasteiger partial charge in [-0.1, -0.05) is 45.0 Å². The molecule has 27 heavy (non-hydrogen) atoms. The van der Waals surface area contributed by atoms with Gasteiger partial charge in [0.2, 0.25) is 0 Å². The smallest absolute Gasteiger partial charge is 0.194 e. The fraction of sp³-hybridized carbons (Fsp3) is 0.682. The van der Waals surface area contributed by atoms with Gasteiger partial charge < -0.3 is 19.7 Å². The van der Waals surface area contributed by atoms with Crippen LogP contribution in [0.4, 0.5) is 0 Å². The van der Waals surface area contributed by atoms with Crippen LogP contribution in [0.2, 0.25) is 0 Å². The van der Waals surface area contributed by atoms with Crippen LogP contribution in [0.5, 0.6) is 0 Å². The van der Waals surface area contributed by atoms with Crippen molar-refractivity contribution < 1.29 is 9.47 Å². The first-order valence-electron chi connectivity index (χ1n) is 10.1. The molecule has 1 heterocycles. The lowest BCUT2D eigenvalue weighted by Gasteiger charge is -2.22. The summed E-state index contributed by atoms with van der Waals surface area (Å²) in [5, 5.41) is 3.44. The zero-order valence-corrected chi connectivity index (χ0v) is 17.8. The van der Waals surface area contributed by atoms with Crippen LogP contribution in [0, 0.1) is 5.92 Å². The lowest BCUT2D eigenvalue weighted by molar-refractivity contribution is 0.0536. The molecule has 0 saturated carbocycles. The average Bonchev–Trinajstić information content (AvgIpc) is 3.11. The van der Waals surface area contributed by atoms with Crippen molar-refractivity contribution in [1.29, 1.82) is 0 Å². The van der Waals surface area contributed by atoms with Crippen LogP contribution in [-0.2, 0) is 21.4 Å². The van der Waals surface area contributed by atoms with Crippen LogP contribution >= 0.6 is 0 Å². The summed E-state index contributed by atoms with van der Waals surface area (Å²) in [5.41, 5.74) is 2.79. The number of aliphatic imine (C=N–C) groups is 1. The largest absolute Gasteiger partial charge is 0.382 e. The van der Waals surface area contributed by atoms with Crippen molar-refractivity contribution in [3.63, 3.8) is 0 Å². The molecular weight excluding hydrogens is 338 g/mol. The number of hydrogen-bond donors (Lipinski definition) is 1. The van der Waals surface area contributed by atoms with Crippen LogP contribution in [0.1, 0.15) is 45.2 Å². The third-order valence-corrected chi connectivity index (χ3v) is 4.94. The predicted octanol–water partition coefficient (Wildman–Crippen LogP) is 3.43. The van der Waals surface area contributed by atoms with E-state index < -0.39 is 0 Å². The third kappa shape index (κ3) is 7.15. The number of likely N-dealkylation sites (tertiary alicyclic amines) is 1. The molecule has 1 unspecified atom stereocenters. The molecule has 1 aromatic carbocycles. The Labute approximate surface area is 165 Å². The Kier molecular flexibility index (Phi) is 8.58. The lowest BCUT2D eigenvalue weighted by Crippen LogP contribution is -2.40. The first kappa shape index (κ1) is 21.7. The molecule has 1 fully saturated rings. The molecule has 1 aromatic rings. The fourth-order valence-corrected chi connectivity index (χ4v) is 3.26. The van der Waals surface area contributed by atoms with E-state index in [-0.39, 0.29) is 5.41 Å². The first-order valence-corrected chi connectivity index (χ1v) is 10.1. The molecule has 152 valence electrons. The molecule has 1 aliphatic heterocycles. The van der Waals surface area contributed by atoms with Crippen molar-refractivity contribution in [2.24, 2.45) is 10.9 Å². The zero-order valence-electron chi connectivity index (χ0n) is 17.8. The summed E-state index contributed by atoms with van der Waals surface area (Å²) in [6.07, 6.45) is 1.15. The van der Waals surface area contributed by atoms with Gasteiger partial charge in [0, 0.05) is 32.7 Å². The van der Waals surface area contributed by atoms with Crippen LogP contribution in [0.3, 0.4) is 0 Å². The third-order valence-electron chi connectivity index (χ3n) is 4.94. The van der Waals surface area contributed by atoms with Gasteiger partial charge in [-0.25, -0.2) is 4.99 Å². The minimum atomic E-state index is 0.187. The number of rotatable bonds is 8. The van der Waals surface area contributed by atoms with Gasteiger partial charge in [-0.2, -0.15) is 0 Å². The number of methoxy groups -OCH3 is 1. The predicted molar refractivity (Wildman–Crippen MR) is 112 cm³/mol. The molecular formula is C22H37N3O2. The maximum absolute atomic E-state index is 5.70. The minimum Gasteiger partial charge on any atom is -0.382 e. The van der Waals surface area contributed by atoms with Crippen molar-refractivity contribution in [2.75, 3.05) is 46.6 Å². The molecule has 1 atom stereocenters. The van der Waals surface area contributed by atoms with E-state index in [4.69, 9.17) is 14.5 Å². The molecule has 1 aliphatic rings. The normalized spacial score (nSPS) is 18.2. The summed E-state index contributed by atoms with van der Waals surface area (Å²) in [4.78, 5) is 7.23. The topological polar surface area (TPSA) is 46.1 Å². The van der Waals surface area contributed by atoms with Gasteiger partial charge in [-0.05, 0) is 29.9 Å². The number of ether oxygens (including phenoxy) is 2. The van der Waals surface area contributed by atoms with E-state index in [1.807, 2.05) is 0 Å². The second kappa shape index (κ2) is 10.7. The standard InChI is InChI=1S/C22H37N3O2/c1-6-23-21(25-12-11-19(16-25)17-27-14-13-26-5)24-15-18-7-9-20(10-8-18)22(2,3)4/h7-10,19H,6,11-17H2,1-5H3,(H,23,24). The van der Waals surface area contributed by atoms with Gasteiger partial charge in [0.25, 0.3) is 0 Å². The lowest BCUT2D eigenvalue weighted by atomic mass is 9.87. The molecule has 2 rings (SSSR count). The molecule has 0 radical (unpaired) electrons. The Hall–Kier alpha value is -1.59. The highest BCUT2D eigenvalue weighted by Gasteiger charge is 2.25. The van der Waals surface area contributed by atoms with Crippen LogP contribution in [0.25, 0.3) is 0 Å². The van der Waals surface area contributed by atoms with Crippen LogP contribution in [0.15, 0.2) is 29.3 Å². The minimum absolute atomic E-state index is 0.187. The molecule has 5 heteroatoms. The molecule has 0 aromatic heterocycles. The van der Waals surface area contributed by atoms with Crippen LogP contribution < -0.4 is 5.32 Å². The molecule has 0 spiro atoms. The number of nitrogens with zero attached hydrogens (tertiary/aromatic N) is 2. The maximum atomic E-state index is 5.70. The second-order valence-electron chi connectivity index (χ2n) is 8.29. The summed E-state index contributed by atoms with van der Waals surface area (Å²) in [5.74, 6) is 1.58. The summed E-state index contributed by atoms with van der Waals surface area (Å²) in [6, 6.07) is 8.84. The number of hydrogen-bond acceptors (Lipinski definition) is 3. The van der Waals surface area contributed by atoms with Crippen molar-refractivity contribution in [1.82, 2.24) is 10.2 Å². The molecule has 1 saturated heterocycles. The highest BCUT2D eigenvalue weighted by atomic mass is 16.5. The van der Waals surface area contributed by atoms with Gasteiger partial charge in [-0.15, -0.1) is 0 Å². The number of benzene rings is 1. The van der Waals surface area contributed by atoms with E-state index in [2.05, 4.69) is 62.2 Å². The van der Waals surface area contributed by atoms with Crippen molar-refractivity contribution in [3.8, 4) is 0 Å². The summed E-state index contributed by atoms with van der Waals surface area (Å²) < 4.78 is 10.7. The highest BCUT2D eigenvalue weighted by Crippen LogP contribution is 2.22. The number of nitrogens with one attached hydrogen (secondary N) is 1. The molecule has 0 amide bonds. The molecule has 0 aliphatic carbocycles. The Morgan fingerprint density at radius 2 is 1.96 bits per heavy atom. The highest BCUT2D eigenvalue weighted by molar-refractivity contribution is 5.80. The Balaban J connectivity index is 1.90. The van der Waals surface area contributed by atoms with E-state index in [0.29, 0.717) is 25.7 Å². The van der Waals surface area contributed by atoms with Crippen molar-refractivity contribution in [3.05, 3.63) is 35.4 Å². The van der Waals surface area contributed by atoms with E-state index in [9.17, 15) is 0 Å². The van der Waals surface area contributed by atoms with E-state index in [1.165, 1.54) is 11.1 Å². The van der Waals surface area contributed by atoms with Gasteiger partial charge >= 0.3 is 0 Å². The molecule has 0 bridgehead atoms. The Morgan fingerprint density at radius 3 is 2.59 bits per heavy atom.